The van der Waals surface area contributed by atoms with Crippen LogP contribution >= 0.6 is 0 Å². The summed E-state index contributed by atoms with van der Waals surface area (Å²) in [5.41, 5.74) is 5.66. The zero-order chi connectivity index (χ0) is 20.7. The van der Waals surface area contributed by atoms with Crippen LogP contribution in [0, 0.1) is 20.8 Å². The highest BCUT2D eigenvalue weighted by molar-refractivity contribution is 6.48. The largest absolute Gasteiger partial charge is 0.484 e. The maximum Gasteiger partial charge on any atom is 0.309 e. The first-order valence-electron chi connectivity index (χ1n) is 9.67. The van der Waals surface area contributed by atoms with Crippen LogP contribution in [0.3, 0.4) is 0 Å². The molecule has 1 aliphatic heterocycles. The van der Waals surface area contributed by atoms with Crippen LogP contribution in [0.15, 0.2) is 0 Å². The van der Waals surface area contributed by atoms with Crippen molar-refractivity contribution in [1.29, 1.82) is 0 Å². The summed E-state index contributed by atoms with van der Waals surface area (Å²) >= 11 is 0. The van der Waals surface area contributed by atoms with E-state index in [0.717, 1.165) is 17.7 Å². The summed E-state index contributed by atoms with van der Waals surface area (Å²) in [6.07, 6.45) is 0.775. The van der Waals surface area contributed by atoms with Crippen LogP contribution in [-0.2, 0) is 25.8 Å². The molecule has 1 radical (unpaired) electrons. The number of benzene rings is 1. The minimum Gasteiger partial charge on any atom is -0.484 e. The van der Waals surface area contributed by atoms with Crippen molar-refractivity contribution in [3.05, 3.63) is 27.8 Å². The number of hydrogen-bond donors (Lipinski definition) is 0. The number of rotatable bonds is 4. The molecule has 2 rings (SSSR count). The Morgan fingerprint density at radius 2 is 1.78 bits per heavy atom. The first kappa shape index (κ1) is 22.0. The van der Waals surface area contributed by atoms with Crippen molar-refractivity contribution in [2.24, 2.45) is 0 Å². The van der Waals surface area contributed by atoms with Crippen LogP contribution < -0.4 is 4.74 Å². The number of esters is 1. The van der Waals surface area contributed by atoms with Crippen molar-refractivity contribution < 1.29 is 18.7 Å². The van der Waals surface area contributed by atoms with Gasteiger partial charge in [0.15, 0.2) is 0 Å². The molecule has 1 aromatic carbocycles. The van der Waals surface area contributed by atoms with E-state index in [0.29, 0.717) is 0 Å². The monoisotopic (exact) mass is 391 g/mol. The summed E-state index contributed by atoms with van der Waals surface area (Å²) < 4.78 is 17.8. The van der Waals surface area contributed by atoms with Gasteiger partial charge >= 0.3 is 5.97 Å². The Morgan fingerprint density at radius 3 is 2.26 bits per heavy atom. The molecule has 0 saturated heterocycles. The fourth-order valence-electron chi connectivity index (χ4n) is 4.36. The molecule has 1 aromatic rings. The molecule has 151 valence electrons. The van der Waals surface area contributed by atoms with Gasteiger partial charge in [0.25, 0.3) is 0 Å². The van der Waals surface area contributed by atoms with E-state index in [1.807, 2.05) is 6.92 Å². The highest BCUT2D eigenvalue weighted by Crippen LogP contribution is 2.45. The van der Waals surface area contributed by atoms with Gasteiger partial charge in [0, 0.05) is 12.0 Å². The summed E-state index contributed by atoms with van der Waals surface area (Å²) in [6.45, 7) is 19.5. The SMILES string of the molecule is COC(=O)CC1(C)Oc2c(C)c(C)c(C(C)(C)C)c(C)c2CC1O[Si](C)C. The number of carbonyl (C=O) groups is 1. The summed E-state index contributed by atoms with van der Waals surface area (Å²) in [5, 5.41) is 0. The van der Waals surface area contributed by atoms with Crippen LogP contribution in [-0.4, -0.2) is 33.8 Å². The molecule has 0 saturated carbocycles. The van der Waals surface area contributed by atoms with Gasteiger partial charge in [0.2, 0.25) is 9.04 Å². The standard InChI is InChI=1S/C22H35O4Si/c1-13-14(2)20-16(15(3)19(13)21(4,5)6)11-17(26-27(9)10)22(7,25-20)12-18(23)24-8/h17H,11-12H2,1-10H3. The third-order valence-corrected chi connectivity index (χ3v) is 6.39. The average Bonchev–Trinajstić information content (AvgIpc) is 2.52. The molecular weight excluding hydrogens is 356 g/mol. The Morgan fingerprint density at radius 1 is 1.19 bits per heavy atom. The normalized spacial score (nSPS) is 22.4. The highest BCUT2D eigenvalue weighted by atomic mass is 28.3. The van der Waals surface area contributed by atoms with Crippen molar-refractivity contribution in [2.45, 2.75) is 91.5 Å². The van der Waals surface area contributed by atoms with E-state index in [9.17, 15) is 4.79 Å². The predicted octanol–water partition coefficient (Wildman–Crippen LogP) is 4.80. The molecule has 0 N–H and O–H groups in total. The molecule has 2 unspecified atom stereocenters. The number of fused-ring (bicyclic) bond motifs is 1. The van der Waals surface area contributed by atoms with Crippen LogP contribution in [0.25, 0.3) is 0 Å². The van der Waals surface area contributed by atoms with Gasteiger partial charge in [-0.3, -0.25) is 4.79 Å². The fraction of sp³-hybridized carbons (Fsp3) is 0.682. The van der Waals surface area contributed by atoms with Gasteiger partial charge in [-0.15, -0.1) is 0 Å². The quantitative estimate of drug-likeness (QED) is 0.546. The Kier molecular flexibility index (Phi) is 6.17. The van der Waals surface area contributed by atoms with Crippen LogP contribution in [0.2, 0.25) is 13.1 Å². The highest BCUT2D eigenvalue weighted by Gasteiger charge is 2.46. The van der Waals surface area contributed by atoms with Crippen molar-refractivity contribution in [3.63, 3.8) is 0 Å². The summed E-state index contributed by atoms with van der Waals surface area (Å²) in [6, 6.07) is 0. The second-order valence-electron chi connectivity index (χ2n) is 9.19. The van der Waals surface area contributed by atoms with E-state index in [-0.39, 0.29) is 23.9 Å². The van der Waals surface area contributed by atoms with Crippen LogP contribution in [0.5, 0.6) is 5.75 Å². The van der Waals surface area contributed by atoms with Crippen LogP contribution in [0.1, 0.15) is 61.9 Å². The van der Waals surface area contributed by atoms with Crippen molar-refractivity contribution >= 4 is 15.0 Å². The van der Waals surface area contributed by atoms with Gasteiger partial charge in [0.1, 0.15) is 11.4 Å². The number of ether oxygens (including phenoxy) is 2. The zero-order valence-corrected chi connectivity index (χ0v) is 19.6. The Balaban J connectivity index is 2.64. The molecule has 0 spiro atoms. The summed E-state index contributed by atoms with van der Waals surface area (Å²) in [7, 11) is 0.471. The molecular formula is C22H35O4Si. The van der Waals surface area contributed by atoms with Crippen molar-refractivity contribution in [3.8, 4) is 5.75 Å². The lowest BCUT2D eigenvalue weighted by molar-refractivity contribution is -0.149. The Labute approximate surface area is 166 Å². The van der Waals surface area contributed by atoms with Crippen molar-refractivity contribution in [1.82, 2.24) is 0 Å². The van der Waals surface area contributed by atoms with Gasteiger partial charge in [-0.05, 0) is 68.5 Å². The molecule has 0 amide bonds. The third-order valence-electron chi connectivity index (χ3n) is 5.64. The molecule has 5 heteroatoms. The smallest absolute Gasteiger partial charge is 0.309 e. The maximum atomic E-state index is 12.1. The lowest BCUT2D eigenvalue weighted by atomic mass is 9.75. The lowest BCUT2D eigenvalue weighted by Gasteiger charge is -2.44. The molecule has 0 aromatic heterocycles. The maximum absolute atomic E-state index is 12.1. The minimum atomic E-state index is -0.948. The average molecular weight is 392 g/mol. The molecule has 1 aliphatic rings. The van der Waals surface area contributed by atoms with Gasteiger partial charge in [-0.25, -0.2) is 0 Å². The molecule has 0 aliphatic carbocycles. The second-order valence-corrected chi connectivity index (χ2v) is 11.2. The topological polar surface area (TPSA) is 44.8 Å². The Bertz CT molecular complexity index is 733. The van der Waals surface area contributed by atoms with E-state index >= 15 is 0 Å². The molecule has 2 atom stereocenters. The predicted molar refractivity (Wildman–Crippen MR) is 111 cm³/mol. The minimum absolute atomic E-state index is 0.0571. The second kappa shape index (κ2) is 7.59. The van der Waals surface area contributed by atoms with E-state index in [1.54, 1.807) is 0 Å². The van der Waals surface area contributed by atoms with Crippen LogP contribution in [0.4, 0.5) is 0 Å². The van der Waals surface area contributed by atoms with E-state index in [2.05, 4.69) is 54.6 Å². The van der Waals surface area contributed by atoms with Gasteiger partial charge in [-0.2, -0.15) is 0 Å². The number of carbonyl (C=O) groups excluding carboxylic acids is 1. The van der Waals surface area contributed by atoms with Crippen molar-refractivity contribution in [2.75, 3.05) is 7.11 Å². The Hall–Kier alpha value is -1.33. The van der Waals surface area contributed by atoms with Gasteiger partial charge in [-0.1, -0.05) is 20.8 Å². The van der Waals surface area contributed by atoms with E-state index in [1.165, 1.54) is 29.4 Å². The number of hydrogen-bond acceptors (Lipinski definition) is 4. The first-order valence-corrected chi connectivity index (χ1v) is 12.1. The molecule has 27 heavy (non-hydrogen) atoms. The van der Waals surface area contributed by atoms with Gasteiger partial charge < -0.3 is 13.9 Å². The van der Waals surface area contributed by atoms with Gasteiger partial charge in [0.05, 0.1) is 19.6 Å². The first-order chi connectivity index (χ1) is 12.3. The van der Waals surface area contributed by atoms with E-state index in [4.69, 9.17) is 13.9 Å². The fourth-order valence-corrected chi connectivity index (χ4v) is 5.26. The molecule has 0 fully saturated rings. The lowest BCUT2D eigenvalue weighted by Crippen LogP contribution is -2.53. The summed E-state index contributed by atoms with van der Waals surface area (Å²) in [5.74, 6) is 0.651. The third kappa shape index (κ3) is 4.24. The molecule has 1 heterocycles. The van der Waals surface area contributed by atoms with E-state index < -0.39 is 14.6 Å². The zero-order valence-electron chi connectivity index (χ0n) is 18.6. The molecule has 4 nitrogen and oxygen atoms in total. The summed E-state index contributed by atoms with van der Waals surface area (Å²) in [4.78, 5) is 12.1. The molecule has 0 bridgehead atoms. The number of methoxy groups -OCH3 is 1.